The smallest absolute Gasteiger partial charge is 0.332 e. The van der Waals surface area contributed by atoms with Gasteiger partial charge in [-0.2, -0.15) is 0 Å². The molecule has 0 aliphatic heterocycles. The quantitative estimate of drug-likeness (QED) is 0.212. The van der Waals surface area contributed by atoms with Gasteiger partial charge < -0.3 is 20.4 Å². The maximum Gasteiger partial charge on any atom is 0.332 e. The molecule has 0 bridgehead atoms. The number of aliphatic hydroxyl groups is 2. The number of carbonyl (C=O) groups is 2. The number of aliphatic carboxylic acids is 2. The zero-order valence-electron chi connectivity index (χ0n) is 29.3. The van der Waals surface area contributed by atoms with Crippen molar-refractivity contribution in [2.75, 3.05) is 6.61 Å². The third-order valence-corrected chi connectivity index (χ3v) is 9.82. The molecule has 2 aliphatic carbocycles. The molecule has 0 spiro atoms. The molecule has 6 nitrogen and oxygen atoms in total. The fourth-order valence-electron chi connectivity index (χ4n) is 7.22. The molecule has 0 amide bonds. The zero-order chi connectivity index (χ0) is 33.2. The van der Waals surface area contributed by atoms with Gasteiger partial charge in [-0.15, -0.1) is 0 Å². The Hall–Kier alpha value is -1.66. The second kappa shape index (κ2) is 17.6. The van der Waals surface area contributed by atoms with Crippen LogP contribution < -0.4 is 0 Å². The molecule has 246 valence electrons. The first-order valence-corrected chi connectivity index (χ1v) is 16.4. The van der Waals surface area contributed by atoms with Gasteiger partial charge in [0.2, 0.25) is 0 Å². The van der Waals surface area contributed by atoms with Crippen LogP contribution in [0.5, 0.6) is 0 Å². The lowest BCUT2D eigenvalue weighted by Crippen LogP contribution is -2.44. The summed E-state index contributed by atoms with van der Waals surface area (Å²) >= 11 is 0. The Balaban J connectivity index is 0.000000678. The second-order valence-corrected chi connectivity index (χ2v) is 15.0. The first-order chi connectivity index (χ1) is 19.2. The topological polar surface area (TPSA) is 115 Å². The van der Waals surface area contributed by atoms with Crippen LogP contribution in [-0.2, 0) is 9.59 Å². The van der Waals surface area contributed by atoms with Gasteiger partial charge in [0, 0.05) is 29.1 Å². The third kappa shape index (κ3) is 10.5. The summed E-state index contributed by atoms with van der Waals surface area (Å²) < 4.78 is 0. The van der Waals surface area contributed by atoms with E-state index in [1.165, 1.54) is 5.57 Å². The van der Waals surface area contributed by atoms with Crippen molar-refractivity contribution in [3.63, 3.8) is 0 Å². The van der Waals surface area contributed by atoms with Gasteiger partial charge in [-0.3, -0.25) is 0 Å². The van der Waals surface area contributed by atoms with Crippen LogP contribution in [0.1, 0.15) is 129 Å². The van der Waals surface area contributed by atoms with E-state index in [0.29, 0.717) is 35.2 Å². The molecule has 0 saturated heterocycles. The van der Waals surface area contributed by atoms with E-state index < -0.39 is 11.9 Å². The average molecular weight is 595 g/mol. The molecule has 4 N–H and O–H groups in total. The first kappa shape index (κ1) is 40.3. The van der Waals surface area contributed by atoms with Crippen molar-refractivity contribution < 1.29 is 30.0 Å². The highest BCUT2D eigenvalue weighted by Crippen LogP contribution is 2.55. The fraction of sp³-hybridized carbons (Fsp3) is 0.833. The van der Waals surface area contributed by atoms with E-state index in [4.69, 9.17) is 15.3 Å². The number of aliphatic hydroxyl groups excluding tert-OH is 2. The minimum atomic E-state index is -0.736. The first-order valence-electron chi connectivity index (χ1n) is 16.4. The van der Waals surface area contributed by atoms with Gasteiger partial charge in [0.1, 0.15) is 0 Å². The van der Waals surface area contributed by atoms with Gasteiger partial charge in [-0.05, 0) is 79.4 Å². The van der Waals surface area contributed by atoms with Crippen molar-refractivity contribution in [1.29, 1.82) is 0 Å². The number of hydrogen-bond acceptors (Lipinski definition) is 4. The van der Waals surface area contributed by atoms with Gasteiger partial charge in [0.05, 0.1) is 6.10 Å². The van der Waals surface area contributed by atoms with E-state index in [2.05, 4.69) is 76.2 Å². The fourth-order valence-corrected chi connectivity index (χ4v) is 7.22. The summed E-state index contributed by atoms with van der Waals surface area (Å²) in [7, 11) is 0. The van der Waals surface area contributed by atoms with Crippen LogP contribution in [0, 0.1) is 52.3 Å². The van der Waals surface area contributed by atoms with Crippen LogP contribution in [0.3, 0.4) is 0 Å². The standard InChI is InChI=1S/C19H34O2.C11H18O2.C6H14O2/c1-11(2)15-9-10-19(13(5)6,14(7)8)17(18(20)21)16(15)12(3)4;1-11(2,3)9-7-5-4-6-8(9)10(12)13;1-3-6(8)5(2)4-7/h11-15H,9-10H2,1-8H3,(H,20,21);6,9H,4-5,7H2,1-3H3,(H,12,13);5-8H,3-4H2,1-2H3. The van der Waals surface area contributed by atoms with Gasteiger partial charge in [0.15, 0.2) is 0 Å². The lowest BCUT2D eigenvalue weighted by molar-refractivity contribution is -0.136. The summed E-state index contributed by atoms with van der Waals surface area (Å²) in [6.45, 7) is 27.7. The van der Waals surface area contributed by atoms with Crippen molar-refractivity contribution in [3.8, 4) is 0 Å². The Morgan fingerprint density at radius 2 is 1.45 bits per heavy atom. The third-order valence-electron chi connectivity index (χ3n) is 9.82. The molecule has 4 unspecified atom stereocenters. The Labute approximate surface area is 258 Å². The summed E-state index contributed by atoms with van der Waals surface area (Å²) in [6, 6.07) is 0. The Morgan fingerprint density at radius 3 is 1.74 bits per heavy atom. The molecule has 0 fully saturated rings. The molecule has 0 aromatic carbocycles. The largest absolute Gasteiger partial charge is 0.478 e. The summed E-state index contributed by atoms with van der Waals surface area (Å²) in [5, 5.41) is 36.5. The van der Waals surface area contributed by atoms with Gasteiger partial charge in [-0.1, -0.05) is 102 Å². The van der Waals surface area contributed by atoms with E-state index >= 15 is 0 Å². The van der Waals surface area contributed by atoms with Crippen LogP contribution in [0.2, 0.25) is 0 Å². The summed E-state index contributed by atoms with van der Waals surface area (Å²) in [4.78, 5) is 23.1. The number of carboxylic acids is 2. The van der Waals surface area contributed by atoms with Crippen molar-refractivity contribution in [1.82, 2.24) is 0 Å². The molecule has 6 heteroatoms. The molecule has 2 aliphatic rings. The van der Waals surface area contributed by atoms with Gasteiger partial charge >= 0.3 is 11.9 Å². The predicted molar refractivity (Wildman–Crippen MR) is 174 cm³/mol. The van der Waals surface area contributed by atoms with E-state index in [1.807, 2.05) is 19.9 Å². The summed E-state index contributed by atoms with van der Waals surface area (Å²) in [5.74, 6) is 0.761. The van der Waals surface area contributed by atoms with Crippen LogP contribution in [0.15, 0.2) is 22.8 Å². The highest BCUT2D eigenvalue weighted by Gasteiger charge is 2.49. The number of allylic oxidation sites excluding steroid dienone is 2. The normalized spacial score (nSPS) is 22.2. The van der Waals surface area contributed by atoms with Crippen molar-refractivity contribution in [2.24, 2.45) is 52.3 Å². The number of carboxylic acid groups (broad SMARTS) is 2. The molecule has 4 atom stereocenters. The van der Waals surface area contributed by atoms with Gasteiger partial charge in [0.25, 0.3) is 0 Å². The summed E-state index contributed by atoms with van der Waals surface area (Å²) in [6.07, 6.45) is 7.47. The van der Waals surface area contributed by atoms with Crippen molar-refractivity contribution in [2.45, 2.75) is 135 Å². The lowest BCUT2D eigenvalue weighted by Gasteiger charge is -2.49. The monoisotopic (exact) mass is 594 g/mol. The van der Waals surface area contributed by atoms with E-state index in [0.717, 1.165) is 44.1 Å². The Kier molecular flexibility index (Phi) is 16.9. The Bertz CT molecular complexity index is 886. The second-order valence-electron chi connectivity index (χ2n) is 15.0. The van der Waals surface area contributed by atoms with E-state index in [9.17, 15) is 14.7 Å². The number of hydrogen-bond donors (Lipinski definition) is 4. The molecule has 0 heterocycles. The molecule has 42 heavy (non-hydrogen) atoms. The minimum absolute atomic E-state index is 0.0278. The highest BCUT2D eigenvalue weighted by atomic mass is 16.4. The molecule has 0 aromatic rings. The molecule has 2 rings (SSSR count). The zero-order valence-corrected chi connectivity index (χ0v) is 29.3. The molecule has 0 aromatic heterocycles. The minimum Gasteiger partial charge on any atom is -0.478 e. The van der Waals surface area contributed by atoms with Crippen LogP contribution in [0.4, 0.5) is 0 Å². The van der Waals surface area contributed by atoms with Crippen LogP contribution in [-0.4, -0.2) is 45.1 Å². The highest BCUT2D eigenvalue weighted by molar-refractivity contribution is 5.90. The van der Waals surface area contributed by atoms with Crippen molar-refractivity contribution >= 4 is 11.9 Å². The number of rotatable bonds is 9. The lowest BCUT2D eigenvalue weighted by atomic mass is 9.54. The molecular formula is C36H66O6. The van der Waals surface area contributed by atoms with Crippen LogP contribution in [0.25, 0.3) is 0 Å². The maximum absolute atomic E-state index is 12.2. The van der Waals surface area contributed by atoms with Crippen molar-refractivity contribution in [3.05, 3.63) is 22.8 Å². The van der Waals surface area contributed by atoms with Crippen LogP contribution >= 0.6 is 0 Å². The molecular weight excluding hydrogens is 528 g/mol. The Morgan fingerprint density at radius 1 is 0.929 bits per heavy atom. The SMILES string of the molecule is CC(C)(C)C1CCCC=C1C(=O)O.CC(C)C1=C(C(=O)O)C(C(C)C)(C(C)C)CCC1C(C)C.CCC(O)C(C)CO. The molecule has 0 saturated carbocycles. The predicted octanol–water partition coefficient (Wildman–Crippen LogP) is 8.62. The van der Waals surface area contributed by atoms with E-state index in [-0.39, 0.29) is 35.4 Å². The maximum atomic E-state index is 12.2. The van der Waals surface area contributed by atoms with Gasteiger partial charge in [-0.25, -0.2) is 9.59 Å². The average Bonchev–Trinajstić information content (AvgIpc) is 2.90. The van der Waals surface area contributed by atoms with E-state index in [1.54, 1.807) is 0 Å². The molecule has 0 radical (unpaired) electrons. The summed E-state index contributed by atoms with van der Waals surface area (Å²) in [5.41, 5.74) is 2.47.